The Morgan fingerprint density at radius 2 is 1.50 bits per heavy atom. The van der Waals surface area contributed by atoms with Gasteiger partial charge in [0, 0.05) is 18.9 Å². The summed E-state index contributed by atoms with van der Waals surface area (Å²) in [5.74, 6) is 0.591. The maximum atomic E-state index is 14.5. The lowest BCUT2D eigenvalue weighted by molar-refractivity contribution is -0.751. The number of benzene rings is 2. The number of carbonyl (C=O) groups is 1. The van der Waals surface area contributed by atoms with Gasteiger partial charge in [-0.3, -0.25) is 4.79 Å². The van der Waals surface area contributed by atoms with Gasteiger partial charge in [0.2, 0.25) is 5.52 Å². The van der Waals surface area contributed by atoms with Crippen LogP contribution in [0.2, 0.25) is 0 Å². The maximum Gasteiger partial charge on any atom is 0.221 e. The summed E-state index contributed by atoms with van der Waals surface area (Å²) in [5.41, 5.74) is 5.29. The van der Waals surface area contributed by atoms with E-state index in [0.29, 0.717) is 5.78 Å². The van der Waals surface area contributed by atoms with E-state index in [9.17, 15) is 4.79 Å². The fourth-order valence-corrected chi connectivity index (χ4v) is 9.25. The molecule has 2 spiro atoms. The first-order valence-corrected chi connectivity index (χ1v) is 13.9. The molecule has 0 radical (unpaired) electrons. The lowest BCUT2D eigenvalue weighted by Crippen LogP contribution is -2.66. The average Bonchev–Trinajstić information content (AvgIpc) is 3.60. The molecule has 2 heteroatoms. The largest absolute Gasteiger partial charge is 0.298 e. The van der Waals surface area contributed by atoms with Gasteiger partial charge >= 0.3 is 0 Å². The molecule has 2 saturated carbocycles. The van der Waals surface area contributed by atoms with Gasteiger partial charge in [-0.1, -0.05) is 63.8 Å². The molecule has 7 rings (SSSR count). The number of aromatic nitrogens is 1. The monoisotopic (exact) mass is 452 g/mol. The Kier molecular flexibility index (Phi) is 4.04. The van der Waals surface area contributed by atoms with Crippen molar-refractivity contribution >= 4 is 27.5 Å². The summed E-state index contributed by atoms with van der Waals surface area (Å²) in [4.78, 5) is 14.5. The fraction of sp³-hybridized carbons (Fsp3) is 0.562. The van der Waals surface area contributed by atoms with Crippen LogP contribution in [0.4, 0.5) is 0 Å². The number of rotatable bonds is 2. The third-order valence-electron chi connectivity index (χ3n) is 11.5. The van der Waals surface area contributed by atoms with E-state index in [1.807, 2.05) is 0 Å². The second kappa shape index (κ2) is 6.50. The number of pyridine rings is 1. The molecule has 0 amide bonds. The van der Waals surface area contributed by atoms with Gasteiger partial charge in [0.15, 0.2) is 17.5 Å². The summed E-state index contributed by atoms with van der Waals surface area (Å²) >= 11 is 0. The SMILES string of the molecule is CCC1(C)c2cccc3ccc4c5c(c[n+](c4c23)C1(C)CC)C1(CCCC1)C(=O)C51CCCC1. The molecule has 3 aliphatic carbocycles. The van der Waals surface area contributed by atoms with Crippen molar-refractivity contribution < 1.29 is 9.36 Å². The predicted molar refractivity (Wildman–Crippen MR) is 139 cm³/mol. The molecular weight excluding hydrogens is 414 g/mol. The topological polar surface area (TPSA) is 20.9 Å². The summed E-state index contributed by atoms with van der Waals surface area (Å²) in [5, 5.41) is 4.16. The van der Waals surface area contributed by atoms with Gasteiger partial charge in [0.1, 0.15) is 0 Å². The van der Waals surface area contributed by atoms with Crippen LogP contribution in [-0.4, -0.2) is 5.78 Å². The van der Waals surface area contributed by atoms with Crippen LogP contribution in [0, 0.1) is 0 Å². The van der Waals surface area contributed by atoms with Crippen LogP contribution in [0.3, 0.4) is 0 Å². The summed E-state index contributed by atoms with van der Waals surface area (Å²) in [6.45, 7) is 9.70. The highest BCUT2D eigenvalue weighted by molar-refractivity contribution is 6.13. The number of hydrogen-bond donors (Lipinski definition) is 0. The van der Waals surface area contributed by atoms with Gasteiger partial charge in [-0.2, -0.15) is 4.57 Å². The standard InChI is InChI=1S/C32H38NO/c1-5-29(3)23-13-11-12-21-14-15-22-26-24(20-33(27(22)25(21)23)30(29,4)6-2)31(16-7-8-17-31)28(34)32(26)18-9-10-19-32/h11-15,20H,5-10,16-19H2,1-4H3/q+1. The van der Waals surface area contributed by atoms with Crippen LogP contribution >= 0.6 is 0 Å². The number of fused-ring (bicyclic) bond motifs is 4. The molecule has 176 valence electrons. The zero-order valence-corrected chi connectivity index (χ0v) is 21.4. The molecule has 2 aromatic carbocycles. The maximum absolute atomic E-state index is 14.5. The van der Waals surface area contributed by atoms with Crippen LogP contribution in [0.5, 0.6) is 0 Å². The molecule has 4 aliphatic rings. The third-order valence-corrected chi connectivity index (χ3v) is 11.5. The normalized spacial score (nSPS) is 30.4. The zero-order valence-electron chi connectivity index (χ0n) is 21.4. The molecule has 1 aromatic heterocycles. The highest BCUT2D eigenvalue weighted by Crippen LogP contribution is 2.62. The molecule has 2 unspecified atom stereocenters. The number of hydrogen-bond acceptors (Lipinski definition) is 1. The fourth-order valence-electron chi connectivity index (χ4n) is 9.25. The van der Waals surface area contributed by atoms with Crippen LogP contribution in [0.1, 0.15) is 109 Å². The van der Waals surface area contributed by atoms with E-state index in [1.54, 1.807) is 0 Å². The van der Waals surface area contributed by atoms with E-state index in [-0.39, 0.29) is 21.8 Å². The highest BCUT2D eigenvalue weighted by Gasteiger charge is 2.64. The molecule has 3 aromatic rings. The first-order valence-electron chi connectivity index (χ1n) is 13.9. The lowest BCUT2D eigenvalue weighted by atomic mass is 9.61. The van der Waals surface area contributed by atoms with Crippen molar-refractivity contribution in [2.75, 3.05) is 0 Å². The first-order chi connectivity index (χ1) is 16.4. The lowest BCUT2D eigenvalue weighted by Gasteiger charge is -2.45. The van der Waals surface area contributed by atoms with Gasteiger partial charge in [-0.05, 0) is 61.6 Å². The van der Waals surface area contributed by atoms with Crippen molar-refractivity contribution in [3.8, 4) is 0 Å². The number of Topliss-reactive ketones (excluding diaryl/α,β-unsaturated/α-hetero) is 1. The Morgan fingerprint density at radius 1 is 0.824 bits per heavy atom. The van der Waals surface area contributed by atoms with Crippen molar-refractivity contribution in [3.05, 3.63) is 53.2 Å². The third kappa shape index (κ3) is 2.05. The van der Waals surface area contributed by atoms with Gasteiger partial charge in [-0.25, -0.2) is 0 Å². The van der Waals surface area contributed by atoms with E-state index in [4.69, 9.17) is 0 Å². The minimum absolute atomic E-state index is 0.0358. The summed E-state index contributed by atoms with van der Waals surface area (Å²) in [6.07, 6.45) is 13.7. The van der Waals surface area contributed by atoms with Crippen molar-refractivity contribution in [1.29, 1.82) is 0 Å². The smallest absolute Gasteiger partial charge is 0.221 e. The average molecular weight is 453 g/mol. The van der Waals surface area contributed by atoms with Crippen LogP contribution in [0.25, 0.3) is 21.7 Å². The molecule has 1 aliphatic heterocycles. The van der Waals surface area contributed by atoms with Crippen LogP contribution in [-0.2, 0) is 26.6 Å². The number of ketones is 1. The van der Waals surface area contributed by atoms with Gasteiger partial charge in [0.05, 0.1) is 27.0 Å². The van der Waals surface area contributed by atoms with Crippen molar-refractivity contribution in [2.24, 2.45) is 0 Å². The minimum Gasteiger partial charge on any atom is -0.298 e. The summed E-state index contributed by atoms with van der Waals surface area (Å²) in [7, 11) is 0. The van der Waals surface area contributed by atoms with Crippen molar-refractivity contribution in [2.45, 2.75) is 114 Å². The number of nitrogens with zero attached hydrogens (tertiary/aromatic N) is 1. The summed E-state index contributed by atoms with van der Waals surface area (Å²) in [6, 6.07) is 11.7. The zero-order chi connectivity index (χ0) is 23.5. The molecular formula is C32H38NO+. The Balaban J connectivity index is 1.72. The Morgan fingerprint density at radius 3 is 2.15 bits per heavy atom. The van der Waals surface area contributed by atoms with E-state index in [2.05, 4.69) is 68.8 Å². The van der Waals surface area contributed by atoms with E-state index < -0.39 is 0 Å². The van der Waals surface area contributed by atoms with Gasteiger partial charge < -0.3 is 0 Å². The second-order valence-electron chi connectivity index (χ2n) is 12.4. The highest BCUT2D eigenvalue weighted by atomic mass is 16.1. The Bertz CT molecular complexity index is 1390. The molecule has 0 saturated heterocycles. The molecule has 34 heavy (non-hydrogen) atoms. The quantitative estimate of drug-likeness (QED) is 0.295. The molecule has 0 N–H and O–H groups in total. The Labute approximate surface area is 203 Å². The summed E-state index contributed by atoms with van der Waals surface area (Å²) < 4.78 is 2.68. The van der Waals surface area contributed by atoms with Crippen molar-refractivity contribution in [1.82, 2.24) is 0 Å². The van der Waals surface area contributed by atoms with Gasteiger partial charge in [-0.15, -0.1) is 0 Å². The number of carbonyl (C=O) groups excluding carboxylic acids is 1. The Hall–Kier alpha value is -2.22. The molecule has 0 bridgehead atoms. The molecule has 2 nitrogen and oxygen atoms in total. The van der Waals surface area contributed by atoms with Crippen LogP contribution in [0.15, 0.2) is 36.5 Å². The second-order valence-corrected chi connectivity index (χ2v) is 12.4. The van der Waals surface area contributed by atoms with Gasteiger partial charge in [0.25, 0.3) is 0 Å². The minimum atomic E-state index is -0.241. The first kappa shape index (κ1) is 21.1. The van der Waals surface area contributed by atoms with E-state index in [1.165, 1.54) is 64.0 Å². The van der Waals surface area contributed by atoms with E-state index >= 15 is 0 Å². The van der Waals surface area contributed by atoms with Crippen LogP contribution < -0.4 is 4.57 Å². The van der Waals surface area contributed by atoms with Crippen molar-refractivity contribution in [3.63, 3.8) is 0 Å². The predicted octanol–water partition coefficient (Wildman–Crippen LogP) is 7.29. The van der Waals surface area contributed by atoms with E-state index in [0.717, 1.165) is 38.5 Å². The molecule has 2 heterocycles. The molecule has 2 fully saturated rings. The molecule has 2 atom stereocenters.